The first-order valence-electron chi connectivity index (χ1n) is 13.9. The summed E-state index contributed by atoms with van der Waals surface area (Å²) in [5, 5.41) is 3.15. The van der Waals surface area contributed by atoms with E-state index in [1.54, 1.807) is 6.07 Å². The molecule has 1 aromatic rings. The quantitative estimate of drug-likeness (QED) is 0.556. The fourth-order valence-electron chi connectivity index (χ4n) is 7.89. The van der Waals surface area contributed by atoms with Crippen LogP contribution in [0, 0.1) is 11.3 Å². The Hall–Kier alpha value is -2.23. The number of carbonyl (C=O) groups excluding carboxylic acids is 1. The number of rotatable bonds is 6. The third-order valence-corrected chi connectivity index (χ3v) is 9.76. The number of morpholine rings is 1. The van der Waals surface area contributed by atoms with Gasteiger partial charge >= 0.3 is 6.18 Å². The molecule has 38 heavy (non-hydrogen) atoms. The predicted octanol–water partition coefficient (Wildman–Crippen LogP) is 4.28. The Morgan fingerprint density at radius 1 is 1.29 bits per heavy atom. The van der Waals surface area contributed by atoms with Crippen molar-refractivity contribution < 1.29 is 24.1 Å². The minimum Gasteiger partial charge on any atom is -0.366 e. The molecule has 0 unspecified atom stereocenters. The van der Waals surface area contributed by atoms with Crippen molar-refractivity contribution in [3.05, 3.63) is 41.5 Å². The van der Waals surface area contributed by atoms with Crippen LogP contribution in [-0.4, -0.2) is 85.2 Å². The number of piperidine rings is 1. The van der Waals surface area contributed by atoms with Gasteiger partial charge < -0.3 is 10.1 Å². The molecule has 2 saturated carbocycles. The molecule has 9 heteroatoms. The SMILES string of the molecule is C=Cc1cc(CC2CC3(C2)CN(C2(N4CC[C@@H]5OCC(=O)N[C@@H]5C4)CCC2)C3)ccc1C(=NC)C(F)(F)F.[HH]. The maximum Gasteiger partial charge on any atom is 0.433 e. The maximum absolute atomic E-state index is 13.4. The van der Waals surface area contributed by atoms with Crippen molar-refractivity contribution in [2.24, 2.45) is 16.3 Å². The van der Waals surface area contributed by atoms with Crippen molar-refractivity contribution in [1.29, 1.82) is 0 Å². The standard InChI is InChI=1S/C29H37F3N4O2.H2/c1-3-21-12-19(5-6-22(21)26(33-2)29(30,31)32)11-20-13-27(14-20)17-36(18-27)28(8-4-9-28)35-10-7-24-23(15-35)34-25(37)16-38-24;/h3,5-6,12,20,23-24H,1,4,7-11,13-18H2,2H3,(H,34,37);1H/t23-,24+;/m1./s1. The lowest BCUT2D eigenvalue weighted by atomic mass is 9.55. The van der Waals surface area contributed by atoms with Crippen molar-refractivity contribution in [2.75, 3.05) is 39.8 Å². The fraction of sp³-hybridized carbons (Fsp3) is 0.655. The summed E-state index contributed by atoms with van der Waals surface area (Å²) in [6, 6.07) is 5.30. The van der Waals surface area contributed by atoms with Gasteiger partial charge in [-0.05, 0) is 67.4 Å². The number of alkyl halides is 3. The van der Waals surface area contributed by atoms with Gasteiger partial charge in [-0.25, -0.2) is 0 Å². The molecular weight excluding hydrogens is 493 g/mol. The molecule has 6 nitrogen and oxygen atoms in total. The van der Waals surface area contributed by atoms with Crippen LogP contribution in [0.3, 0.4) is 0 Å². The highest BCUT2D eigenvalue weighted by Crippen LogP contribution is 2.57. The second kappa shape index (κ2) is 9.45. The lowest BCUT2D eigenvalue weighted by Gasteiger charge is -2.69. The lowest BCUT2D eigenvalue weighted by molar-refractivity contribution is -0.225. The number of ether oxygens (including phenoxy) is 1. The normalized spacial score (nSPS) is 29.6. The molecule has 1 N–H and O–H groups in total. The van der Waals surface area contributed by atoms with Gasteiger partial charge in [0.15, 0.2) is 0 Å². The number of carbonyl (C=O) groups is 1. The van der Waals surface area contributed by atoms with E-state index in [0.717, 1.165) is 44.6 Å². The van der Waals surface area contributed by atoms with Gasteiger partial charge in [-0.2, -0.15) is 13.2 Å². The van der Waals surface area contributed by atoms with Crippen LogP contribution in [-0.2, 0) is 16.0 Å². The third-order valence-electron chi connectivity index (χ3n) is 9.76. The minimum atomic E-state index is -4.49. The summed E-state index contributed by atoms with van der Waals surface area (Å²) in [6.07, 6.45) is 4.96. The van der Waals surface area contributed by atoms with Gasteiger partial charge in [-0.15, -0.1) is 0 Å². The molecule has 2 atom stereocenters. The Balaban J connectivity index is 0.00000308. The number of amides is 1. The predicted molar refractivity (Wildman–Crippen MR) is 142 cm³/mol. The van der Waals surface area contributed by atoms with Crippen molar-refractivity contribution in [3.8, 4) is 0 Å². The molecule has 3 aliphatic heterocycles. The summed E-state index contributed by atoms with van der Waals surface area (Å²) < 4.78 is 45.9. The Labute approximate surface area is 223 Å². The molecule has 6 rings (SSSR count). The highest BCUT2D eigenvalue weighted by molar-refractivity contribution is 6.07. The second-order valence-electron chi connectivity index (χ2n) is 12.1. The topological polar surface area (TPSA) is 57.2 Å². The molecule has 3 saturated heterocycles. The number of likely N-dealkylation sites (tertiary alicyclic amines) is 2. The molecule has 208 valence electrons. The van der Waals surface area contributed by atoms with Crippen LogP contribution in [0.15, 0.2) is 29.8 Å². The first-order valence-corrected chi connectivity index (χ1v) is 13.9. The number of nitrogens with one attached hydrogen (secondary N) is 1. The molecule has 1 spiro atoms. The molecular formula is C29H39F3N4O2. The number of benzene rings is 1. The Morgan fingerprint density at radius 3 is 2.68 bits per heavy atom. The number of halogens is 3. The van der Waals surface area contributed by atoms with Crippen LogP contribution in [0.2, 0.25) is 0 Å². The van der Waals surface area contributed by atoms with Crippen LogP contribution in [0.25, 0.3) is 6.08 Å². The molecule has 2 aliphatic carbocycles. The highest BCUT2D eigenvalue weighted by Gasteiger charge is 2.60. The average molecular weight is 533 g/mol. The van der Waals surface area contributed by atoms with Gasteiger partial charge in [-0.1, -0.05) is 30.9 Å². The smallest absolute Gasteiger partial charge is 0.366 e. The lowest BCUT2D eigenvalue weighted by Crippen LogP contribution is -2.77. The highest BCUT2D eigenvalue weighted by atomic mass is 19.4. The van der Waals surface area contributed by atoms with E-state index in [2.05, 4.69) is 26.7 Å². The Bertz CT molecular complexity index is 1140. The van der Waals surface area contributed by atoms with Crippen molar-refractivity contribution in [2.45, 2.75) is 68.9 Å². The molecule has 0 bridgehead atoms. The van der Waals surface area contributed by atoms with E-state index < -0.39 is 11.9 Å². The Morgan fingerprint density at radius 2 is 2.05 bits per heavy atom. The van der Waals surface area contributed by atoms with E-state index in [1.807, 2.05) is 12.1 Å². The van der Waals surface area contributed by atoms with Crippen LogP contribution in [0.4, 0.5) is 13.2 Å². The zero-order valence-corrected chi connectivity index (χ0v) is 22.0. The van der Waals surface area contributed by atoms with E-state index in [4.69, 9.17) is 4.74 Å². The molecule has 5 aliphatic rings. The number of hydrogen-bond donors (Lipinski definition) is 1. The van der Waals surface area contributed by atoms with Crippen molar-refractivity contribution in [1.82, 2.24) is 15.1 Å². The summed E-state index contributed by atoms with van der Waals surface area (Å²) >= 11 is 0. The second-order valence-corrected chi connectivity index (χ2v) is 12.1. The van der Waals surface area contributed by atoms with Crippen LogP contribution < -0.4 is 5.32 Å². The summed E-state index contributed by atoms with van der Waals surface area (Å²) in [7, 11) is 1.18. The number of hydrogen-bond acceptors (Lipinski definition) is 5. The van der Waals surface area contributed by atoms with Gasteiger partial charge in [0.1, 0.15) is 12.3 Å². The molecule has 1 amide bonds. The number of aliphatic imine (C=N–C) groups is 1. The monoisotopic (exact) mass is 532 g/mol. The summed E-state index contributed by atoms with van der Waals surface area (Å²) in [5.74, 6) is 0.554. The van der Waals surface area contributed by atoms with Crippen molar-refractivity contribution in [3.63, 3.8) is 0 Å². The van der Waals surface area contributed by atoms with Gasteiger partial charge in [0.25, 0.3) is 0 Å². The van der Waals surface area contributed by atoms with E-state index in [1.165, 1.54) is 45.2 Å². The van der Waals surface area contributed by atoms with Crippen LogP contribution in [0.5, 0.6) is 0 Å². The fourth-order valence-corrected chi connectivity index (χ4v) is 7.89. The maximum atomic E-state index is 13.4. The van der Waals surface area contributed by atoms with E-state index >= 15 is 0 Å². The third kappa shape index (κ3) is 4.40. The molecule has 3 heterocycles. The van der Waals surface area contributed by atoms with Crippen molar-refractivity contribution >= 4 is 17.7 Å². The Kier molecular flexibility index (Phi) is 6.47. The number of fused-ring (bicyclic) bond motifs is 1. The minimum absolute atomic E-state index is 0. The van der Waals surface area contributed by atoms with E-state index in [9.17, 15) is 18.0 Å². The summed E-state index contributed by atoms with van der Waals surface area (Å²) in [4.78, 5) is 20.7. The molecule has 1 aromatic carbocycles. The van der Waals surface area contributed by atoms with Crippen LogP contribution in [0.1, 0.15) is 56.6 Å². The van der Waals surface area contributed by atoms with E-state index in [0.29, 0.717) is 16.9 Å². The molecule has 0 aromatic heterocycles. The zero-order chi connectivity index (χ0) is 26.7. The number of nitrogens with zero attached hydrogens (tertiary/aromatic N) is 3. The van der Waals surface area contributed by atoms with Gasteiger partial charge in [-0.3, -0.25) is 19.6 Å². The first-order chi connectivity index (χ1) is 18.1. The summed E-state index contributed by atoms with van der Waals surface area (Å²) in [5.41, 5.74) is 1.30. The largest absolute Gasteiger partial charge is 0.433 e. The van der Waals surface area contributed by atoms with Gasteiger partial charge in [0, 0.05) is 40.2 Å². The average Bonchev–Trinajstić information content (AvgIpc) is 2.80. The summed E-state index contributed by atoms with van der Waals surface area (Å²) in [6.45, 7) is 8.05. The van der Waals surface area contributed by atoms with Gasteiger partial charge in [0.2, 0.25) is 5.91 Å². The van der Waals surface area contributed by atoms with E-state index in [-0.39, 0.29) is 37.3 Å². The molecule has 0 radical (unpaired) electrons. The van der Waals surface area contributed by atoms with Gasteiger partial charge in [0.05, 0.1) is 17.8 Å². The molecule has 5 fully saturated rings. The van der Waals surface area contributed by atoms with Crippen LogP contribution >= 0.6 is 0 Å². The zero-order valence-electron chi connectivity index (χ0n) is 22.0. The first kappa shape index (κ1) is 26.0.